The first-order valence-corrected chi connectivity index (χ1v) is 20.6. The smallest absolute Gasteiger partial charge is 0.143 e. The Bertz CT molecular complexity index is 3610. The molecular formula is C58H37NO. The lowest BCUT2D eigenvalue weighted by Gasteiger charge is -2.28. The van der Waals surface area contributed by atoms with Gasteiger partial charge in [-0.05, 0) is 120 Å². The molecule has 0 aliphatic carbocycles. The van der Waals surface area contributed by atoms with Gasteiger partial charge in [0.2, 0.25) is 0 Å². The van der Waals surface area contributed by atoms with E-state index in [1.54, 1.807) is 0 Å². The normalized spacial score (nSPS) is 11.7. The predicted octanol–water partition coefficient (Wildman–Crippen LogP) is 16.7. The average molecular weight is 764 g/mol. The number of fused-ring (bicyclic) bond motifs is 9. The van der Waals surface area contributed by atoms with Crippen LogP contribution < -0.4 is 4.90 Å². The minimum absolute atomic E-state index is 0.880. The van der Waals surface area contributed by atoms with Gasteiger partial charge in [0.1, 0.15) is 11.2 Å². The lowest BCUT2D eigenvalue weighted by Crippen LogP contribution is -2.11. The Balaban J connectivity index is 1.06. The molecule has 2 nitrogen and oxygen atoms in total. The van der Waals surface area contributed by atoms with Crippen LogP contribution in [0.15, 0.2) is 229 Å². The number of furan rings is 1. The maximum absolute atomic E-state index is 6.69. The summed E-state index contributed by atoms with van der Waals surface area (Å²) in [6.45, 7) is 0. The zero-order chi connectivity index (χ0) is 39.6. The first kappa shape index (κ1) is 34.1. The number of hydrogen-bond acceptors (Lipinski definition) is 2. The van der Waals surface area contributed by atoms with Crippen LogP contribution in [0.4, 0.5) is 17.1 Å². The monoisotopic (exact) mass is 763 g/mol. The summed E-state index contributed by atoms with van der Waals surface area (Å²) in [6.07, 6.45) is 0. The summed E-state index contributed by atoms with van der Waals surface area (Å²) in [7, 11) is 0. The van der Waals surface area contributed by atoms with Gasteiger partial charge in [-0.3, -0.25) is 0 Å². The van der Waals surface area contributed by atoms with Gasteiger partial charge in [0.25, 0.3) is 0 Å². The fraction of sp³-hybridized carbons (Fsp3) is 0. The number of para-hydroxylation sites is 1. The van der Waals surface area contributed by atoms with Crippen LogP contribution in [0.2, 0.25) is 0 Å². The van der Waals surface area contributed by atoms with Crippen molar-refractivity contribution in [2.45, 2.75) is 0 Å². The van der Waals surface area contributed by atoms with Crippen LogP contribution in [0, 0.1) is 0 Å². The van der Waals surface area contributed by atoms with Crippen molar-refractivity contribution in [2.24, 2.45) is 0 Å². The molecule has 0 aliphatic rings. The van der Waals surface area contributed by atoms with E-state index in [0.29, 0.717) is 0 Å². The Labute approximate surface area is 347 Å². The molecule has 0 amide bonds. The quantitative estimate of drug-likeness (QED) is 0.157. The van der Waals surface area contributed by atoms with Gasteiger partial charge in [-0.15, -0.1) is 0 Å². The molecule has 11 aromatic carbocycles. The molecule has 2 heteroatoms. The number of hydrogen-bond donors (Lipinski definition) is 0. The zero-order valence-corrected chi connectivity index (χ0v) is 32.7. The van der Waals surface area contributed by atoms with Crippen LogP contribution in [0.1, 0.15) is 0 Å². The standard InChI is InChI=1S/C58H37NO/c1-2-15-41-35-43(28-27-38(41)13-1)42-17-11-18-46(36-42)59(45-32-29-40(30-33-45)54-37-44-16-4-5-19-47(44)49-21-7-8-22-50(49)54)55-25-10-9-23-51(55)52-24-12-26-56-57(52)53-34-31-39-14-3-6-20-48(39)58(53)60-56/h1-37H. The Morgan fingerprint density at radius 1 is 0.300 bits per heavy atom. The van der Waals surface area contributed by atoms with E-state index in [-0.39, 0.29) is 0 Å². The molecule has 0 aliphatic heterocycles. The molecule has 280 valence electrons. The van der Waals surface area contributed by atoms with Crippen molar-refractivity contribution in [2.75, 3.05) is 4.90 Å². The molecule has 12 rings (SSSR count). The van der Waals surface area contributed by atoms with Crippen molar-refractivity contribution >= 4 is 82.1 Å². The summed E-state index contributed by atoms with van der Waals surface area (Å²) in [6, 6.07) is 81.3. The van der Waals surface area contributed by atoms with Crippen LogP contribution in [-0.4, -0.2) is 0 Å². The highest BCUT2D eigenvalue weighted by molar-refractivity contribution is 6.20. The third-order valence-electron chi connectivity index (χ3n) is 12.2. The van der Waals surface area contributed by atoms with E-state index in [1.807, 2.05) is 0 Å². The second kappa shape index (κ2) is 13.9. The zero-order valence-electron chi connectivity index (χ0n) is 32.7. The molecule has 0 atom stereocenters. The molecule has 0 unspecified atom stereocenters. The van der Waals surface area contributed by atoms with Crippen LogP contribution in [0.3, 0.4) is 0 Å². The Kier molecular flexibility index (Phi) is 7.89. The molecule has 0 fully saturated rings. The molecule has 1 heterocycles. The third-order valence-corrected chi connectivity index (χ3v) is 12.2. The van der Waals surface area contributed by atoms with E-state index in [4.69, 9.17) is 4.42 Å². The number of benzene rings is 11. The third kappa shape index (κ3) is 5.57. The minimum Gasteiger partial charge on any atom is -0.455 e. The molecule has 12 aromatic rings. The minimum atomic E-state index is 0.880. The van der Waals surface area contributed by atoms with Gasteiger partial charge in [0.05, 0.1) is 5.69 Å². The Morgan fingerprint density at radius 3 is 1.80 bits per heavy atom. The van der Waals surface area contributed by atoms with Crippen LogP contribution in [-0.2, 0) is 0 Å². The van der Waals surface area contributed by atoms with Gasteiger partial charge in [0.15, 0.2) is 0 Å². The summed E-state index contributed by atoms with van der Waals surface area (Å²) in [5, 5.41) is 12.0. The van der Waals surface area contributed by atoms with Gasteiger partial charge in [-0.1, -0.05) is 170 Å². The molecule has 60 heavy (non-hydrogen) atoms. The SMILES string of the molecule is c1cc(-c2ccc3ccccc3c2)cc(N(c2ccc(-c3cc4ccccc4c4ccccc34)cc2)c2ccccc2-c2cccc3oc4c5ccccc5ccc4c23)c1. The maximum Gasteiger partial charge on any atom is 0.143 e. The van der Waals surface area contributed by atoms with Crippen LogP contribution in [0.5, 0.6) is 0 Å². The van der Waals surface area contributed by atoms with Gasteiger partial charge < -0.3 is 9.32 Å². The summed E-state index contributed by atoms with van der Waals surface area (Å²) >= 11 is 0. The molecule has 0 saturated heterocycles. The fourth-order valence-electron chi connectivity index (χ4n) is 9.38. The highest BCUT2D eigenvalue weighted by Gasteiger charge is 2.22. The lowest BCUT2D eigenvalue weighted by atomic mass is 9.93. The predicted molar refractivity (Wildman–Crippen MR) is 255 cm³/mol. The van der Waals surface area contributed by atoms with E-state index < -0.39 is 0 Å². The van der Waals surface area contributed by atoms with E-state index in [2.05, 4.69) is 229 Å². The molecule has 0 radical (unpaired) electrons. The summed E-state index contributed by atoms with van der Waals surface area (Å²) < 4.78 is 6.69. The molecule has 1 aromatic heterocycles. The number of nitrogens with zero attached hydrogens (tertiary/aromatic N) is 1. The Morgan fingerprint density at radius 2 is 0.933 bits per heavy atom. The van der Waals surface area contributed by atoms with Gasteiger partial charge in [-0.2, -0.15) is 0 Å². The summed E-state index contributed by atoms with van der Waals surface area (Å²) in [4.78, 5) is 2.42. The lowest BCUT2D eigenvalue weighted by molar-refractivity contribution is 0.673. The maximum atomic E-state index is 6.69. The first-order chi connectivity index (χ1) is 29.7. The van der Waals surface area contributed by atoms with Crippen LogP contribution >= 0.6 is 0 Å². The van der Waals surface area contributed by atoms with Crippen molar-refractivity contribution in [1.29, 1.82) is 0 Å². The molecular weight excluding hydrogens is 727 g/mol. The largest absolute Gasteiger partial charge is 0.455 e. The summed E-state index contributed by atoms with van der Waals surface area (Å²) in [5.41, 5.74) is 12.0. The van der Waals surface area contributed by atoms with Crippen molar-refractivity contribution in [1.82, 2.24) is 0 Å². The van der Waals surface area contributed by atoms with E-state index >= 15 is 0 Å². The van der Waals surface area contributed by atoms with Crippen molar-refractivity contribution in [3.63, 3.8) is 0 Å². The van der Waals surface area contributed by atoms with E-state index in [9.17, 15) is 0 Å². The van der Waals surface area contributed by atoms with E-state index in [0.717, 1.165) is 61.1 Å². The average Bonchev–Trinajstić information content (AvgIpc) is 3.72. The molecule has 0 spiro atoms. The first-order valence-electron chi connectivity index (χ1n) is 20.6. The number of rotatable bonds is 6. The van der Waals surface area contributed by atoms with Crippen molar-refractivity contribution < 1.29 is 4.42 Å². The van der Waals surface area contributed by atoms with Gasteiger partial charge >= 0.3 is 0 Å². The van der Waals surface area contributed by atoms with Crippen LogP contribution in [0.25, 0.3) is 98.4 Å². The molecule has 0 bridgehead atoms. The number of anilines is 3. The van der Waals surface area contributed by atoms with Gasteiger partial charge in [-0.25, -0.2) is 0 Å². The Hall–Kier alpha value is -7.94. The highest BCUT2D eigenvalue weighted by Crippen LogP contribution is 2.47. The van der Waals surface area contributed by atoms with Crippen molar-refractivity contribution in [3.05, 3.63) is 224 Å². The van der Waals surface area contributed by atoms with E-state index in [1.165, 1.54) is 54.4 Å². The molecule has 0 saturated carbocycles. The summed E-state index contributed by atoms with van der Waals surface area (Å²) in [5.74, 6) is 0. The second-order valence-electron chi connectivity index (χ2n) is 15.6. The van der Waals surface area contributed by atoms with Gasteiger partial charge in [0, 0.05) is 33.1 Å². The highest BCUT2D eigenvalue weighted by atomic mass is 16.3. The second-order valence-corrected chi connectivity index (χ2v) is 15.6. The topological polar surface area (TPSA) is 16.4 Å². The molecule has 0 N–H and O–H groups in total. The fourth-order valence-corrected chi connectivity index (χ4v) is 9.38. The van der Waals surface area contributed by atoms with Crippen molar-refractivity contribution in [3.8, 4) is 33.4 Å².